The minimum Gasteiger partial charge on any atom is -0.481 e. The maximum absolute atomic E-state index is 12.6. The Morgan fingerprint density at radius 2 is 2.25 bits per heavy atom. The predicted molar refractivity (Wildman–Crippen MR) is 58.2 cm³/mol. The largest absolute Gasteiger partial charge is 0.481 e. The zero-order valence-electron chi connectivity index (χ0n) is 7.88. The fraction of sp³-hybridized carbons (Fsp3) is 0.333. The number of pyridine rings is 1. The Bertz CT molecular complexity index is 415. The van der Waals surface area contributed by atoms with Crippen LogP contribution in [-0.4, -0.2) is 16.1 Å². The minimum atomic E-state index is -2.79. The van der Waals surface area contributed by atoms with E-state index < -0.39 is 24.4 Å². The highest BCUT2D eigenvalue weighted by Gasteiger charge is 2.20. The number of hydrogen-bond donors (Lipinski definition) is 1. The summed E-state index contributed by atoms with van der Waals surface area (Å²) >= 11 is 8.90. The third-order valence-corrected chi connectivity index (χ3v) is 2.89. The number of alkyl halides is 3. The van der Waals surface area contributed by atoms with Gasteiger partial charge < -0.3 is 5.11 Å². The summed E-state index contributed by atoms with van der Waals surface area (Å²) in [6, 6.07) is 0. The third kappa shape index (κ3) is 2.89. The Morgan fingerprint density at radius 3 is 2.69 bits per heavy atom. The summed E-state index contributed by atoms with van der Waals surface area (Å²) in [7, 11) is 0. The van der Waals surface area contributed by atoms with Gasteiger partial charge in [-0.1, -0.05) is 27.5 Å². The van der Waals surface area contributed by atoms with Gasteiger partial charge in [-0.2, -0.15) is 0 Å². The Labute approximate surface area is 104 Å². The Hall–Kier alpha value is -0.750. The topological polar surface area (TPSA) is 50.2 Å². The van der Waals surface area contributed by atoms with Gasteiger partial charge in [-0.15, -0.1) is 0 Å². The number of halogens is 4. The van der Waals surface area contributed by atoms with Crippen molar-refractivity contribution in [1.29, 1.82) is 0 Å². The van der Waals surface area contributed by atoms with E-state index in [2.05, 4.69) is 20.9 Å². The molecule has 7 heteroatoms. The van der Waals surface area contributed by atoms with Gasteiger partial charge in [0.1, 0.15) is 0 Å². The quantitative estimate of drug-likeness (QED) is 0.868. The lowest BCUT2D eigenvalue weighted by Crippen LogP contribution is -2.07. The Balaban J connectivity index is 3.30. The molecule has 0 fully saturated rings. The molecule has 3 nitrogen and oxygen atoms in total. The number of rotatable bonds is 4. The molecule has 0 aliphatic carbocycles. The molecule has 0 spiro atoms. The van der Waals surface area contributed by atoms with E-state index in [1.165, 1.54) is 0 Å². The predicted octanol–water partition coefficient (Wildman–Crippen LogP) is 3.19. The lowest BCUT2D eigenvalue weighted by molar-refractivity contribution is -0.136. The van der Waals surface area contributed by atoms with Gasteiger partial charge in [-0.25, -0.2) is 8.78 Å². The van der Waals surface area contributed by atoms with E-state index in [0.29, 0.717) is 5.69 Å². The molecule has 1 aromatic heterocycles. The van der Waals surface area contributed by atoms with E-state index in [1.54, 1.807) is 0 Å². The lowest BCUT2D eigenvalue weighted by atomic mass is 10.1. The molecule has 0 aliphatic rings. The van der Waals surface area contributed by atoms with E-state index in [4.69, 9.17) is 16.7 Å². The molecule has 0 atom stereocenters. The van der Waals surface area contributed by atoms with E-state index in [1.807, 2.05) is 0 Å². The van der Waals surface area contributed by atoms with Crippen LogP contribution in [0.15, 0.2) is 6.20 Å². The molecule has 1 N–H and O–H groups in total. The summed E-state index contributed by atoms with van der Waals surface area (Å²) < 4.78 is 25.2. The van der Waals surface area contributed by atoms with Crippen LogP contribution < -0.4 is 0 Å². The SMILES string of the molecule is O=C(O)Cc1c(C(F)F)cnc(CBr)c1Cl. The monoisotopic (exact) mass is 313 g/mol. The highest BCUT2D eigenvalue weighted by atomic mass is 79.9. The number of carboxylic acid groups (broad SMARTS) is 1. The van der Waals surface area contributed by atoms with Crippen LogP contribution in [0, 0.1) is 0 Å². The zero-order valence-corrected chi connectivity index (χ0v) is 10.2. The Kier molecular flexibility index (Phi) is 4.61. The minimum absolute atomic E-state index is 0.0166. The first-order valence-electron chi connectivity index (χ1n) is 4.19. The summed E-state index contributed by atoms with van der Waals surface area (Å²) in [5, 5.41) is 8.89. The number of hydrogen-bond acceptors (Lipinski definition) is 2. The summed E-state index contributed by atoms with van der Waals surface area (Å²) in [6.45, 7) is 0. The molecule has 16 heavy (non-hydrogen) atoms. The fourth-order valence-corrected chi connectivity index (χ4v) is 2.07. The van der Waals surface area contributed by atoms with Gasteiger partial charge in [0.2, 0.25) is 0 Å². The van der Waals surface area contributed by atoms with Gasteiger partial charge >= 0.3 is 5.97 Å². The van der Waals surface area contributed by atoms with Gasteiger partial charge in [-0.3, -0.25) is 9.78 Å². The van der Waals surface area contributed by atoms with Crippen molar-refractivity contribution in [3.63, 3.8) is 0 Å². The molecule has 0 unspecified atom stereocenters. The zero-order chi connectivity index (χ0) is 12.3. The van der Waals surface area contributed by atoms with Crippen molar-refractivity contribution in [2.45, 2.75) is 18.2 Å². The molecule has 88 valence electrons. The number of aliphatic carboxylic acids is 1. The van der Waals surface area contributed by atoms with Crippen LogP contribution >= 0.6 is 27.5 Å². The molecule has 0 saturated heterocycles. The van der Waals surface area contributed by atoms with Crippen LogP contribution in [0.25, 0.3) is 0 Å². The molecule has 0 bridgehead atoms. The molecule has 0 aromatic carbocycles. The maximum Gasteiger partial charge on any atom is 0.307 e. The van der Waals surface area contributed by atoms with Crippen LogP contribution in [0.5, 0.6) is 0 Å². The summed E-state index contributed by atoms with van der Waals surface area (Å²) in [6.07, 6.45) is -2.37. The van der Waals surface area contributed by atoms with Crippen LogP contribution in [0.3, 0.4) is 0 Å². The van der Waals surface area contributed by atoms with E-state index in [0.717, 1.165) is 6.20 Å². The van der Waals surface area contributed by atoms with Crippen LogP contribution in [0.1, 0.15) is 23.2 Å². The number of carbonyl (C=O) groups is 1. The maximum atomic E-state index is 12.6. The van der Waals surface area contributed by atoms with E-state index in [9.17, 15) is 13.6 Å². The molecule has 0 amide bonds. The van der Waals surface area contributed by atoms with Crippen molar-refractivity contribution < 1.29 is 18.7 Å². The fourth-order valence-electron chi connectivity index (χ4n) is 1.20. The average Bonchev–Trinajstić information content (AvgIpc) is 2.19. The first-order chi connectivity index (χ1) is 7.47. The molecule has 1 heterocycles. The molecular weight excluding hydrogens is 307 g/mol. The Morgan fingerprint density at radius 1 is 1.62 bits per heavy atom. The van der Waals surface area contributed by atoms with E-state index >= 15 is 0 Å². The number of aromatic nitrogens is 1. The average molecular weight is 315 g/mol. The molecule has 1 rings (SSSR count). The van der Waals surface area contributed by atoms with Gasteiger partial charge in [0.25, 0.3) is 6.43 Å². The lowest BCUT2D eigenvalue weighted by Gasteiger charge is -2.11. The van der Waals surface area contributed by atoms with Crippen molar-refractivity contribution in [3.05, 3.63) is 28.0 Å². The van der Waals surface area contributed by atoms with Crippen molar-refractivity contribution >= 4 is 33.5 Å². The van der Waals surface area contributed by atoms with E-state index in [-0.39, 0.29) is 15.9 Å². The second kappa shape index (κ2) is 5.54. The summed E-state index contributed by atoms with van der Waals surface area (Å²) in [4.78, 5) is 14.3. The van der Waals surface area contributed by atoms with Crippen LogP contribution in [-0.2, 0) is 16.5 Å². The molecule has 0 radical (unpaired) electrons. The molecule has 1 aromatic rings. The van der Waals surface area contributed by atoms with Crippen molar-refractivity contribution in [2.75, 3.05) is 0 Å². The smallest absolute Gasteiger partial charge is 0.307 e. The van der Waals surface area contributed by atoms with Crippen molar-refractivity contribution in [2.24, 2.45) is 0 Å². The summed E-state index contributed by atoms with van der Waals surface area (Å²) in [5.41, 5.74) is -0.159. The molecular formula is C9H7BrClF2NO2. The molecule has 0 aliphatic heterocycles. The van der Waals surface area contributed by atoms with Crippen LogP contribution in [0.4, 0.5) is 8.78 Å². The van der Waals surface area contributed by atoms with Crippen LogP contribution in [0.2, 0.25) is 5.02 Å². The van der Waals surface area contributed by atoms with Gasteiger partial charge in [0, 0.05) is 17.1 Å². The second-order valence-corrected chi connectivity index (χ2v) is 3.90. The van der Waals surface area contributed by atoms with Gasteiger partial charge in [0.05, 0.1) is 17.1 Å². The summed E-state index contributed by atoms with van der Waals surface area (Å²) in [5.74, 6) is -1.21. The highest BCUT2D eigenvalue weighted by molar-refractivity contribution is 9.08. The van der Waals surface area contributed by atoms with Crippen molar-refractivity contribution in [1.82, 2.24) is 4.98 Å². The first-order valence-corrected chi connectivity index (χ1v) is 5.69. The normalized spacial score (nSPS) is 10.8. The number of nitrogens with zero attached hydrogens (tertiary/aromatic N) is 1. The van der Waals surface area contributed by atoms with Gasteiger partial charge in [0.15, 0.2) is 0 Å². The van der Waals surface area contributed by atoms with Crippen molar-refractivity contribution in [3.8, 4) is 0 Å². The van der Waals surface area contributed by atoms with Gasteiger partial charge in [-0.05, 0) is 5.56 Å². The highest BCUT2D eigenvalue weighted by Crippen LogP contribution is 2.30. The standard InChI is InChI=1S/C9H7BrClF2NO2/c10-2-6-8(11)4(1-7(15)16)5(3-14-6)9(12)13/h3,9H,1-2H2,(H,15,16). The first kappa shape index (κ1) is 13.3. The third-order valence-electron chi connectivity index (χ3n) is 1.92. The second-order valence-electron chi connectivity index (χ2n) is 2.96. The number of carboxylic acids is 1. The molecule has 0 saturated carbocycles.